The van der Waals surface area contributed by atoms with Gasteiger partial charge >= 0.3 is 0 Å². The normalized spacial score (nSPS) is 10.4. The van der Waals surface area contributed by atoms with Gasteiger partial charge in [0.15, 0.2) is 0 Å². The second-order valence-corrected chi connectivity index (χ2v) is 15.7. The molecule has 0 spiro atoms. The van der Waals surface area contributed by atoms with E-state index >= 15 is 0 Å². The van der Waals surface area contributed by atoms with Crippen molar-refractivity contribution in [1.82, 2.24) is 10.6 Å². The van der Waals surface area contributed by atoms with Crippen LogP contribution in [0.2, 0.25) is 0 Å². The molecule has 0 atom stereocenters. The van der Waals surface area contributed by atoms with E-state index in [-0.39, 0.29) is 23.1 Å². The summed E-state index contributed by atoms with van der Waals surface area (Å²) in [5.74, 6) is 1.94. The summed E-state index contributed by atoms with van der Waals surface area (Å²) in [5, 5.41) is 28.0. The number of carbonyl (C=O) groups excluding carboxylic acids is 2. The Kier molecular flexibility index (Phi) is 18.5. The minimum absolute atomic E-state index is 0.0164. The van der Waals surface area contributed by atoms with Gasteiger partial charge < -0.3 is 30.3 Å². The number of ketones is 2. The van der Waals surface area contributed by atoms with E-state index in [9.17, 15) is 19.8 Å². The van der Waals surface area contributed by atoms with Crippen molar-refractivity contribution in [2.24, 2.45) is 0 Å². The maximum atomic E-state index is 13.3. The second kappa shape index (κ2) is 24.4. The lowest BCUT2D eigenvalue weighted by molar-refractivity contribution is 0.103. The first-order valence-corrected chi connectivity index (χ1v) is 23.0. The van der Waals surface area contributed by atoms with Crippen molar-refractivity contribution in [1.29, 1.82) is 0 Å². The van der Waals surface area contributed by atoms with Crippen LogP contribution in [0.3, 0.4) is 0 Å². The van der Waals surface area contributed by atoms with Gasteiger partial charge in [-0.1, -0.05) is 120 Å². The van der Waals surface area contributed by atoms with Crippen molar-refractivity contribution < 1.29 is 29.3 Å². The fraction of sp³-hybridized carbons (Fsp3) is 0.208. The van der Waals surface area contributed by atoms with E-state index in [0.29, 0.717) is 34.1 Å². The summed E-state index contributed by atoms with van der Waals surface area (Å²) in [4.78, 5) is 27.9. The van der Waals surface area contributed by atoms with Crippen LogP contribution in [0.1, 0.15) is 65.1 Å². The Morgan fingerprint density at radius 1 is 0.540 bits per heavy atom. The Balaban J connectivity index is 0.000000220. The number of phenols is 2. The van der Waals surface area contributed by atoms with E-state index < -0.39 is 0 Å². The predicted molar refractivity (Wildman–Crippen MR) is 264 cm³/mol. The highest BCUT2D eigenvalue weighted by molar-refractivity contribution is 7.22. The molecule has 0 saturated carbocycles. The molecule has 8 nitrogen and oxygen atoms in total. The Morgan fingerprint density at radius 3 is 1.32 bits per heavy atom. The summed E-state index contributed by atoms with van der Waals surface area (Å²) in [6.07, 6.45) is 0. The van der Waals surface area contributed by atoms with Gasteiger partial charge in [-0.2, -0.15) is 0 Å². The third-order valence-corrected chi connectivity index (χ3v) is 11.8. The highest BCUT2D eigenvalue weighted by Crippen LogP contribution is 2.43. The van der Waals surface area contributed by atoms with Crippen LogP contribution in [-0.2, 0) is 0 Å². The minimum Gasteiger partial charge on any atom is -0.508 e. The zero-order chi connectivity index (χ0) is 45.1. The number of rotatable bonds is 15. The molecule has 8 aromatic rings. The van der Waals surface area contributed by atoms with Crippen molar-refractivity contribution >= 4 is 54.4 Å². The average molecular weight is 881 g/mol. The number of ether oxygens (including phenoxy) is 2. The lowest BCUT2D eigenvalue weighted by atomic mass is 9.98. The first-order valence-electron chi connectivity index (χ1n) is 21.4. The zero-order valence-electron chi connectivity index (χ0n) is 36.7. The van der Waals surface area contributed by atoms with Crippen LogP contribution < -0.4 is 20.1 Å². The summed E-state index contributed by atoms with van der Waals surface area (Å²) >= 11 is 2.82. The van der Waals surface area contributed by atoms with E-state index in [4.69, 9.17) is 9.47 Å². The van der Waals surface area contributed by atoms with Crippen LogP contribution >= 0.6 is 22.7 Å². The number of thiophene rings is 2. The minimum atomic E-state index is -0.0179. The Bertz CT molecular complexity index is 2660. The van der Waals surface area contributed by atoms with Gasteiger partial charge in [-0.05, 0) is 85.4 Å². The highest BCUT2D eigenvalue weighted by Gasteiger charge is 2.23. The van der Waals surface area contributed by atoms with Gasteiger partial charge in [0.2, 0.25) is 11.6 Å². The number of aromatic hydroxyl groups is 2. The van der Waals surface area contributed by atoms with Gasteiger partial charge in [-0.25, -0.2) is 0 Å². The van der Waals surface area contributed by atoms with Crippen LogP contribution in [0.25, 0.3) is 42.4 Å². The lowest BCUT2D eigenvalue weighted by Crippen LogP contribution is -2.20. The molecule has 8 rings (SSSR count). The molecular formula is C53H56N2O6S2. The smallest absolute Gasteiger partial charge is 0.203 e. The lowest BCUT2D eigenvalue weighted by Gasteiger charge is -2.09. The summed E-state index contributed by atoms with van der Waals surface area (Å²) in [7, 11) is 1.89. The maximum absolute atomic E-state index is 13.3. The number of phenolic OH excluding ortho intramolecular Hbond substituents is 2. The number of benzene rings is 6. The maximum Gasteiger partial charge on any atom is 0.203 e. The van der Waals surface area contributed by atoms with Crippen LogP contribution in [0.15, 0.2) is 146 Å². The molecule has 0 bridgehead atoms. The first kappa shape index (κ1) is 47.7. The summed E-state index contributed by atoms with van der Waals surface area (Å²) in [5.41, 5.74) is 4.98. The molecular weight excluding hydrogens is 825 g/mol. The van der Waals surface area contributed by atoms with Crippen molar-refractivity contribution in [3.8, 4) is 45.3 Å². The van der Waals surface area contributed by atoms with Gasteiger partial charge in [-0.15, -0.1) is 22.7 Å². The monoisotopic (exact) mass is 880 g/mol. The molecule has 0 aliphatic rings. The van der Waals surface area contributed by atoms with Crippen LogP contribution in [0.5, 0.6) is 23.0 Å². The van der Waals surface area contributed by atoms with E-state index in [1.54, 1.807) is 24.3 Å². The van der Waals surface area contributed by atoms with Crippen molar-refractivity contribution in [3.05, 3.63) is 166 Å². The van der Waals surface area contributed by atoms with Crippen molar-refractivity contribution in [2.45, 2.75) is 34.6 Å². The van der Waals surface area contributed by atoms with Crippen LogP contribution in [0, 0.1) is 0 Å². The fourth-order valence-corrected chi connectivity index (χ4v) is 9.07. The first-order chi connectivity index (χ1) is 30.8. The molecule has 2 heterocycles. The topological polar surface area (TPSA) is 117 Å². The van der Waals surface area contributed by atoms with Gasteiger partial charge in [0, 0.05) is 55.5 Å². The quantitative estimate of drug-likeness (QED) is 0.0594. The molecule has 0 aliphatic carbocycles. The van der Waals surface area contributed by atoms with E-state index in [1.807, 2.05) is 156 Å². The third kappa shape index (κ3) is 12.2. The van der Waals surface area contributed by atoms with E-state index in [2.05, 4.69) is 17.6 Å². The molecule has 4 N–H and O–H groups in total. The molecule has 63 heavy (non-hydrogen) atoms. The molecule has 0 radical (unpaired) electrons. The summed E-state index contributed by atoms with van der Waals surface area (Å²) in [6, 6.07) is 44.7. The van der Waals surface area contributed by atoms with Gasteiger partial charge in [0.1, 0.15) is 36.2 Å². The molecule has 0 aliphatic heterocycles. The third-order valence-electron chi connectivity index (χ3n) is 9.54. The molecule has 0 unspecified atom stereocenters. The Hall–Kier alpha value is -6.30. The summed E-state index contributed by atoms with van der Waals surface area (Å²) < 4.78 is 13.2. The number of fused-ring (bicyclic) bond motifs is 2. The van der Waals surface area contributed by atoms with Crippen LogP contribution in [0.4, 0.5) is 0 Å². The molecule has 326 valence electrons. The SMILES string of the molecule is CC.CC.CCNCCOc1ccc(-c2c(C(=O)c3ccccc3)sc3cc(O)ccc23)cc1.CNCCOc1ccc(-c2c(C(=O)c3ccccc3)sc3cc(O)ccc23)cc1. The molecule has 0 saturated heterocycles. The van der Waals surface area contributed by atoms with Crippen LogP contribution in [-0.4, -0.2) is 61.7 Å². The molecule has 0 amide bonds. The average Bonchev–Trinajstić information content (AvgIpc) is 3.91. The number of carbonyl (C=O) groups is 2. The number of hydrogen-bond acceptors (Lipinski definition) is 10. The Labute approximate surface area is 378 Å². The molecule has 2 aromatic heterocycles. The number of likely N-dealkylation sites (N-methyl/N-ethyl adjacent to an activating group) is 2. The van der Waals surface area contributed by atoms with Gasteiger partial charge in [0.05, 0.1) is 9.75 Å². The highest BCUT2D eigenvalue weighted by atomic mass is 32.1. The Morgan fingerprint density at radius 2 is 0.937 bits per heavy atom. The van der Waals surface area contributed by atoms with Gasteiger partial charge in [0.25, 0.3) is 0 Å². The number of hydrogen-bond donors (Lipinski definition) is 4. The standard InChI is InChI=1S/C25H23NO3S.C24H21NO3S.2C2H6/c1-2-26-14-15-29-20-11-8-17(9-12-20)23-21-13-10-19(27)16-22(21)30-25(23)24(28)18-6-4-3-5-7-18;1-25-13-14-28-19-10-7-16(8-11-19)22-20-12-9-18(26)15-21(20)29-24(22)23(27)17-5-3-2-4-6-17;2*1-2/h3-13,16,26-27H,2,14-15H2,1H3;2-12,15,25-26H,13-14H2,1H3;2*1-2H3. The summed E-state index contributed by atoms with van der Waals surface area (Å²) in [6.45, 7) is 13.7. The second-order valence-electron chi connectivity index (χ2n) is 13.6. The molecule has 10 heteroatoms. The van der Waals surface area contributed by atoms with Gasteiger partial charge in [-0.3, -0.25) is 9.59 Å². The number of nitrogens with one attached hydrogen (secondary N) is 2. The molecule has 6 aromatic carbocycles. The molecule has 0 fully saturated rings. The van der Waals surface area contributed by atoms with E-state index in [1.165, 1.54) is 22.7 Å². The predicted octanol–water partition coefficient (Wildman–Crippen LogP) is 12.6. The fourth-order valence-electron chi connectivity index (χ4n) is 6.63. The van der Waals surface area contributed by atoms with E-state index in [0.717, 1.165) is 73.6 Å². The zero-order valence-corrected chi connectivity index (χ0v) is 38.4. The largest absolute Gasteiger partial charge is 0.508 e. The van der Waals surface area contributed by atoms with Crippen molar-refractivity contribution in [3.63, 3.8) is 0 Å². The van der Waals surface area contributed by atoms with Crippen molar-refractivity contribution in [2.75, 3.05) is 39.9 Å².